The first-order valence-electron chi connectivity index (χ1n) is 4.74. The predicted molar refractivity (Wildman–Crippen MR) is 55.8 cm³/mol. The van der Waals surface area contributed by atoms with Gasteiger partial charge in [-0.05, 0) is 12.1 Å². The van der Waals surface area contributed by atoms with Crippen LogP contribution in [0.4, 0.5) is 5.82 Å². The molecule has 2 rings (SSSR count). The molecule has 2 N–H and O–H groups in total. The van der Waals surface area contributed by atoms with E-state index in [1.807, 2.05) is 0 Å². The molecule has 1 aliphatic rings. The third-order valence-electron chi connectivity index (χ3n) is 2.54. The van der Waals surface area contributed by atoms with E-state index in [2.05, 4.69) is 9.88 Å². The second kappa shape index (κ2) is 3.86. The molecule has 0 saturated carbocycles. The molecule has 1 aromatic heterocycles. The molecule has 1 aliphatic heterocycles. The zero-order valence-electron chi connectivity index (χ0n) is 8.51. The Kier molecular flexibility index (Phi) is 2.55. The summed E-state index contributed by atoms with van der Waals surface area (Å²) in [7, 11) is 1.70. The van der Waals surface area contributed by atoms with Gasteiger partial charge < -0.3 is 15.4 Å². The third-order valence-corrected chi connectivity index (χ3v) is 2.54. The largest absolute Gasteiger partial charge is 0.378 e. The van der Waals surface area contributed by atoms with Gasteiger partial charge in [0.25, 0.3) is 0 Å². The molecule has 1 fully saturated rings. The number of carbonyl (C=O) groups is 1. The van der Waals surface area contributed by atoms with Crippen molar-refractivity contribution in [3.63, 3.8) is 0 Å². The number of nitrogens with zero attached hydrogens (tertiary/aromatic N) is 2. The van der Waals surface area contributed by atoms with Gasteiger partial charge in [0.15, 0.2) is 0 Å². The summed E-state index contributed by atoms with van der Waals surface area (Å²) in [5.41, 5.74) is 5.55. The summed E-state index contributed by atoms with van der Waals surface area (Å²) < 4.78 is 5.16. The number of amides is 1. The Balaban J connectivity index is 2.02. The number of aromatic nitrogens is 1. The maximum absolute atomic E-state index is 10.8. The molecular formula is C10H13N3O2. The second-order valence-corrected chi connectivity index (χ2v) is 3.53. The highest BCUT2D eigenvalue weighted by Gasteiger charge is 2.27. The van der Waals surface area contributed by atoms with E-state index < -0.39 is 5.91 Å². The Labute approximate surface area is 87.8 Å². The molecule has 2 heterocycles. The van der Waals surface area contributed by atoms with Crippen molar-refractivity contribution < 1.29 is 9.53 Å². The highest BCUT2D eigenvalue weighted by Crippen LogP contribution is 2.19. The number of primary amides is 1. The van der Waals surface area contributed by atoms with Crippen molar-refractivity contribution in [2.45, 2.75) is 6.10 Å². The van der Waals surface area contributed by atoms with Crippen molar-refractivity contribution in [3.05, 3.63) is 23.9 Å². The highest BCUT2D eigenvalue weighted by atomic mass is 16.5. The number of anilines is 1. The van der Waals surface area contributed by atoms with Crippen molar-refractivity contribution in [2.24, 2.45) is 5.73 Å². The lowest BCUT2D eigenvalue weighted by Gasteiger charge is -2.38. The second-order valence-electron chi connectivity index (χ2n) is 3.53. The smallest absolute Gasteiger partial charge is 0.250 e. The molecule has 15 heavy (non-hydrogen) atoms. The fraction of sp³-hybridized carbons (Fsp3) is 0.400. The molecule has 1 amide bonds. The quantitative estimate of drug-likeness (QED) is 0.758. The molecule has 80 valence electrons. The Morgan fingerprint density at radius 3 is 2.80 bits per heavy atom. The summed E-state index contributed by atoms with van der Waals surface area (Å²) in [5.74, 6) is 0.403. The average molecular weight is 207 g/mol. The number of methoxy groups -OCH3 is 1. The molecule has 5 heteroatoms. The maximum Gasteiger partial charge on any atom is 0.250 e. The number of rotatable bonds is 3. The van der Waals surface area contributed by atoms with Gasteiger partial charge in [0.05, 0.1) is 11.7 Å². The number of ether oxygens (including phenoxy) is 1. The number of pyridine rings is 1. The number of hydrogen-bond donors (Lipinski definition) is 1. The molecule has 0 aromatic carbocycles. The first-order chi connectivity index (χ1) is 7.20. The Morgan fingerprint density at radius 2 is 2.33 bits per heavy atom. The van der Waals surface area contributed by atoms with E-state index in [0.29, 0.717) is 11.7 Å². The molecular weight excluding hydrogens is 194 g/mol. The van der Waals surface area contributed by atoms with Crippen LogP contribution in [0.1, 0.15) is 10.4 Å². The minimum Gasteiger partial charge on any atom is -0.378 e. The van der Waals surface area contributed by atoms with Crippen LogP contribution in [0.5, 0.6) is 0 Å². The van der Waals surface area contributed by atoms with Crippen molar-refractivity contribution in [3.8, 4) is 0 Å². The zero-order valence-corrected chi connectivity index (χ0v) is 8.51. The lowest BCUT2D eigenvalue weighted by molar-refractivity contribution is 0.0783. The first-order valence-corrected chi connectivity index (χ1v) is 4.74. The van der Waals surface area contributed by atoms with Crippen molar-refractivity contribution in [1.82, 2.24) is 4.98 Å². The van der Waals surface area contributed by atoms with Crippen molar-refractivity contribution in [1.29, 1.82) is 0 Å². The van der Waals surface area contributed by atoms with Crippen LogP contribution in [0.15, 0.2) is 18.3 Å². The van der Waals surface area contributed by atoms with E-state index in [0.717, 1.165) is 18.9 Å². The molecule has 5 nitrogen and oxygen atoms in total. The first kappa shape index (κ1) is 9.92. The fourth-order valence-electron chi connectivity index (χ4n) is 1.49. The Bertz CT molecular complexity index is 357. The van der Waals surface area contributed by atoms with Gasteiger partial charge in [-0.15, -0.1) is 0 Å². The summed E-state index contributed by atoms with van der Waals surface area (Å²) in [6, 6.07) is 3.48. The van der Waals surface area contributed by atoms with Gasteiger partial charge in [-0.1, -0.05) is 0 Å². The minimum absolute atomic E-state index is 0.294. The molecule has 1 aromatic rings. The summed E-state index contributed by atoms with van der Waals surface area (Å²) >= 11 is 0. The van der Waals surface area contributed by atoms with E-state index in [1.165, 1.54) is 6.20 Å². The monoisotopic (exact) mass is 207 g/mol. The van der Waals surface area contributed by atoms with Crippen molar-refractivity contribution >= 4 is 11.7 Å². The van der Waals surface area contributed by atoms with Crippen LogP contribution in [-0.4, -0.2) is 37.2 Å². The zero-order chi connectivity index (χ0) is 10.8. The van der Waals surface area contributed by atoms with Gasteiger partial charge in [0.2, 0.25) is 5.91 Å². The normalized spacial score (nSPS) is 16.2. The summed E-state index contributed by atoms with van der Waals surface area (Å²) in [6.07, 6.45) is 1.79. The fourth-order valence-corrected chi connectivity index (χ4v) is 1.49. The number of carbonyl (C=O) groups excluding carboxylic acids is 1. The van der Waals surface area contributed by atoms with Crippen LogP contribution >= 0.6 is 0 Å². The lowest BCUT2D eigenvalue weighted by Crippen LogP contribution is -2.52. The standard InChI is InChI=1S/C10H13N3O2/c1-15-8-5-13(6-8)9-3-2-7(4-12-9)10(11)14/h2-4,8H,5-6H2,1H3,(H2,11,14). The molecule has 0 unspecified atom stereocenters. The summed E-state index contributed by atoms with van der Waals surface area (Å²) in [5, 5.41) is 0. The molecule has 0 atom stereocenters. The van der Waals surface area contributed by atoms with Gasteiger partial charge in [-0.2, -0.15) is 0 Å². The van der Waals surface area contributed by atoms with Gasteiger partial charge >= 0.3 is 0 Å². The van der Waals surface area contributed by atoms with Gasteiger partial charge in [-0.3, -0.25) is 4.79 Å². The van der Waals surface area contributed by atoms with E-state index >= 15 is 0 Å². The topological polar surface area (TPSA) is 68.5 Å². The highest BCUT2D eigenvalue weighted by molar-refractivity contribution is 5.92. The summed E-state index contributed by atoms with van der Waals surface area (Å²) in [4.78, 5) is 17.1. The Hall–Kier alpha value is -1.62. The van der Waals surface area contributed by atoms with Gasteiger partial charge in [0.1, 0.15) is 5.82 Å². The van der Waals surface area contributed by atoms with Crippen LogP contribution < -0.4 is 10.6 Å². The maximum atomic E-state index is 10.8. The van der Waals surface area contributed by atoms with Gasteiger partial charge in [-0.25, -0.2) is 4.98 Å². The van der Waals surface area contributed by atoms with Crippen LogP contribution in [0.3, 0.4) is 0 Å². The van der Waals surface area contributed by atoms with Crippen molar-refractivity contribution in [2.75, 3.05) is 25.1 Å². The van der Waals surface area contributed by atoms with Crippen LogP contribution in [0.25, 0.3) is 0 Å². The van der Waals surface area contributed by atoms with Gasteiger partial charge in [0, 0.05) is 26.4 Å². The van der Waals surface area contributed by atoms with E-state index in [9.17, 15) is 4.79 Å². The molecule has 0 bridgehead atoms. The van der Waals surface area contributed by atoms with Crippen LogP contribution in [-0.2, 0) is 4.74 Å². The molecule has 0 spiro atoms. The van der Waals surface area contributed by atoms with E-state index in [4.69, 9.17) is 10.5 Å². The Morgan fingerprint density at radius 1 is 1.60 bits per heavy atom. The third kappa shape index (κ3) is 1.92. The lowest BCUT2D eigenvalue weighted by atomic mass is 10.1. The summed E-state index contributed by atoms with van der Waals surface area (Å²) in [6.45, 7) is 1.69. The van der Waals surface area contributed by atoms with E-state index in [1.54, 1.807) is 19.2 Å². The van der Waals surface area contributed by atoms with Crippen LogP contribution in [0, 0.1) is 0 Å². The van der Waals surface area contributed by atoms with E-state index in [-0.39, 0.29) is 0 Å². The average Bonchev–Trinajstić information content (AvgIpc) is 2.17. The molecule has 1 saturated heterocycles. The molecule has 0 radical (unpaired) electrons. The number of nitrogens with two attached hydrogens (primary N) is 1. The molecule has 0 aliphatic carbocycles. The predicted octanol–water partition coefficient (Wildman–Crippen LogP) is 0.0155. The number of hydrogen-bond acceptors (Lipinski definition) is 4. The van der Waals surface area contributed by atoms with Crippen LogP contribution in [0.2, 0.25) is 0 Å². The minimum atomic E-state index is -0.451. The SMILES string of the molecule is COC1CN(c2ccc(C(N)=O)cn2)C1.